The first-order chi connectivity index (χ1) is 10.6. The molecule has 0 bridgehead atoms. The molecule has 3 aromatic rings. The Hall–Kier alpha value is -1.96. The van der Waals surface area contributed by atoms with Crippen molar-refractivity contribution >= 4 is 28.9 Å². The van der Waals surface area contributed by atoms with Crippen LogP contribution in [0, 0.1) is 0 Å². The molecule has 2 N–H and O–H groups in total. The number of nitrogens with two attached hydrogens (primary N) is 1. The molecule has 0 saturated heterocycles. The first-order valence-electron chi connectivity index (χ1n) is 7.10. The van der Waals surface area contributed by atoms with Gasteiger partial charge in [0.2, 0.25) is 0 Å². The van der Waals surface area contributed by atoms with Crippen molar-refractivity contribution in [2.45, 2.75) is 6.42 Å². The van der Waals surface area contributed by atoms with Crippen molar-refractivity contribution in [3.8, 4) is 22.3 Å². The molecule has 0 amide bonds. The number of benzene rings is 3. The number of hydrogen-bond acceptors (Lipinski definition) is 1. The van der Waals surface area contributed by atoms with Crippen LogP contribution in [0.5, 0.6) is 0 Å². The summed E-state index contributed by atoms with van der Waals surface area (Å²) in [5.74, 6) is 0. The SMILES string of the molecule is Nc1c(Cl)cc(-c2cccc3c2Cc2ccccc2-3)cc1Cl. The molecule has 0 saturated carbocycles. The molecule has 0 heterocycles. The van der Waals surface area contributed by atoms with Gasteiger partial charge in [-0.1, -0.05) is 65.7 Å². The Morgan fingerprint density at radius 1 is 0.773 bits per heavy atom. The molecule has 4 rings (SSSR count). The van der Waals surface area contributed by atoms with Crippen LogP contribution in [0.15, 0.2) is 54.6 Å². The molecule has 1 aliphatic carbocycles. The molecule has 108 valence electrons. The molecule has 0 atom stereocenters. The highest BCUT2D eigenvalue weighted by Gasteiger charge is 2.21. The molecular weight excluding hydrogens is 313 g/mol. The first kappa shape index (κ1) is 13.7. The molecular formula is C19H13Cl2N. The predicted molar refractivity (Wildman–Crippen MR) is 94.6 cm³/mol. The van der Waals surface area contributed by atoms with E-state index >= 15 is 0 Å². The molecule has 3 heteroatoms. The van der Waals surface area contributed by atoms with Crippen molar-refractivity contribution in [2.24, 2.45) is 0 Å². The van der Waals surface area contributed by atoms with Crippen LogP contribution < -0.4 is 5.73 Å². The van der Waals surface area contributed by atoms with Gasteiger partial charge in [0.25, 0.3) is 0 Å². The minimum absolute atomic E-state index is 0.433. The van der Waals surface area contributed by atoms with Crippen LogP contribution in [0.2, 0.25) is 10.0 Å². The Balaban J connectivity index is 1.93. The van der Waals surface area contributed by atoms with E-state index in [1.54, 1.807) is 0 Å². The molecule has 0 aromatic heterocycles. The summed E-state index contributed by atoms with van der Waals surface area (Å²) in [4.78, 5) is 0. The average Bonchev–Trinajstić information content (AvgIpc) is 2.90. The van der Waals surface area contributed by atoms with Crippen molar-refractivity contribution in [2.75, 3.05) is 5.73 Å². The zero-order chi connectivity index (χ0) is 15.3. The lowest BCUT2D eigenvalue weighted by Gasteiger charge is -2.11. The zero-order valence-electron chi connectivity index (χ0n) is 11.7. The second-order valence-electron chi connectivity index (χ2n) is 5.52. The summed E-state index contributed by atoms with van der Waals surface area (Å²) in [6.07, 6.45) is 0.932. The number of nitrogen functional groups attached to an aromatic ring is 1. The van der Waals surface area contributed by atoms with E-state index in [-0.39, 0.29) is 0 Å². The maximum Gasteiger partial charge on any atom is 0.0693 e. The molecule has 1 aliphatic rings. The second kappa shape index (κ2) is 5.05. The van der Waals surface area contributed by atoms with Gasteiger partial charge in [-0.15, -0.1) is 0 Å². The van der Waals surface area contributed by atoms with Gasteiger partial charge in [0, 0.05) is 0 Å². The highest BCUT2D eigenvalue weighted by Crippen LogP contribution is 2.43. The van der Waals surface area contributed by atoms with E-state index < -0.39 is 0 Å². The second-order valence-corrected chi connectivity index (χ2v) is 6.33. The summed E-state index contributed by atoms with van der Waals surface area (Å²) < 4.78 is 0. The van der Waals surface area contributed by atoms with Crippen molar-refractivity contribution < 1.29 is 0 Å². The first-order valence-corrected chi connectivity index (χ1v) is 7.86. The van der Waals surface area contributed by atoms with Gasteiger partial charge in [0.15, 0.2) is 0 Å². The molecule has 0 fully saturated rings. The van der Waals surface area contributed by atoms with Crippen LogP contribution in [-0.2, 0) is 6.42 Å². The summed E-state index contributed by atoms with van der Waals surface area (Å²) in [5.41, 5.74) is 13.7. The smallest absolute Gasteiger partial charge is 0.0693 e. The van der Waals surface area contributed by atoms with Crippen molar-refractivity contribution in [3.05, 3.63) is 75.8 Å². The van der Waals surface area contributed by atoms with E-state index in [0.717, 1.165) is 17.5 Å². The van der Waals surface area contributed by atoms with E-state index in [9.17, 15) is 0 Å². The summed E-state index contributed by atoms with van der Waals surface area (Å²) in [6.45, 7) is 0. The largest absolute Gasteiger partial charge is 0.396 e. The number of anilines is 1. The van der Waals surface area contributed by atoms with Gasteiger partial charge in [-0.25, -0.2) is 0 Å². The number of hydrogen-bond donors (Lipinski definition) is 1. The van der Waals surface area contributed by atoms with Gasteiger partial charge in [0.05, 0.1) is 15.7 Å². The van der Waals surface area contributed by atoms with Crippen LogP contribution in [0.1, 0.15) is 11.1 Å². The Bertz CT molecular complexity index is 877. The highest BCUT2D eigenvalue weighted by atomic mass is 35.5. The molecule has 0 radical (unpaired) electrons. The topological polar surface area (TPSA) is 26.0 Å². The minimum atomic E-state index is 0.433. The quantitative estimate of drug-likeness (QED) is 0.439. The maximum absolute atomic E-state index is 6.20. The zero-order valence-corrected chi connectivity index (χ0v) is 13.2. The third kappa shape index (κ3) is 2.01. The average molecular weight is 326 g/mol. The lowest BCUT2D eigenvalue weighted by molar-refractivity contribution is 1.26. The summed E-state index contributed by atoms with van der Waals surface area (Å²) >= 11 is 12.4. The summed E-state index contributed by atoms with van der Waals surface area (Å²) in [5, 5.41) is 0.992. The fourth-order valence-corrected chi connectivity index (χ4v) is 3.65. The molecule has 22 heavy (non-hydrogen) atoms. The van der Waals surface area contributed by atoms with Crippen LogP contribution in [0.25, 0.3) is 22.3 Å². The number of halogens is 2. The van der Waals surface area contributed by atoms with Gasteiger partial charge >= 0.3 is 0 Å². The lowest BCUT2D eigenvalue weighted by atomic mass is 9.95. The van der Waals surface area contributed by atoms with E-state index in [0.29, 0.717) is 15.7 Å². The van der Waals surface area contributed by atoms with Crippen LogP contribution in [-0.4, -0.2) is 0 Å². The molecule has 1 nitrogen and oxygen atoms in total. The Labute approximate surface area is 139 Å². The summed E-state index contributed by atoms with van der Waals surface area (Å²) in [7, 11) is 0. The normalized spacial score (nSPS) is 12.1. The van der Waals surface area contributed by atoms with Gasteiger partial charge in [-0.05, 0) is 51.9 Å². The number of fused-ring (bicyclic) bond motifs is 3. The van der Waals surface area contributed by atoms with Gasteiger partial charge in [-0.3, -0.25) is 0 Å². The van der Waals surface area contributed by atoms with Crippen molar-refractivity contribution in [3.63, 3.8) is 0 Å². The maximum atomic E-state index is 6.20. The van der Waals surface area contributed by atoms with Crippen molar-refractivity contribution in [1.29, 1.82) is 0 Å². The number of rotatable bonds is 1. The molecule has 3 aromatic carbocycles. The Morgan fingerprint density at radius 3 is 2.18 bits per heavy atom. The monoisotopic (exact) mass is 325 g/mol. The Kier molecular flexibility index (Phi) is 3.14. The fourth-order valence-electron chi connectivity index (χ4n) is 3.17. The predicted octanol–water partition coefficient (Wildman–Crippen LogP) is 5.81. The fraction of sp³-hybridized carbons (Fsp3) is 0.0526. The molecule has 0 spiro atoms. The van der Waals surface area contributed by atoms with Gasteiger partial charge in [0.1, 0.15) is 0 Å². The van der Waals surface area contributed by atoms with Crippen LogP contribution >= 0.6 is 23.2 Å². The summed E-state index contributed by atoms with van der Waals surface area (Å²) in [6, 6.07) is 18.7. The van der Waals surface area contributed by atoms with E-state index in [1.165, 1.54) is 22.3 Å². The lowest BCUT2D eigenvalue weighted by Crippen LogP contribution is -1.92. The van der Waals surface area contributed by atoms with Crippen LogP contribution in [0.4, 0.5) is 5.69 Å². The standard InChI is InChI=1S/C19H13Cl2N/c20-17-9-12(10-18(21)19(17)22)14-6-3-7-15-13-5-2-1-4-11(13)8-16(14)15/h1-7,9-10H,8,22H2. The molecule has 0 aliphatic heterocycles. The third-order valence-corrected chi connectivity index (χ3v) is 4.87. The third-order valence-electron chi connectivity index (χ3n) is 4.24. The van der Waals surface area contributed by atoms with E-state index in [1.807, 2.05) is 12.1 Å². The van der Waals surface area contributed by atoms with Crippen LogP contribution in [0.3, 0.4) is 0 Å². The highest BCUT2D eigenvalue weighted by molar-refractivity contribution is 6.39. The minimum Gasteiger partial charge on any atom is -0.396 e. The van der Waals surface area contributed by atoms with Gasteiger partial charge in [-0.2, -0.15) is 0 Å². The molecule has 0 unspecified atom stereocenters. The van der Waals surface area contributed by atoms with E-state index in [2.05, 4.69) is 42.5 Å². The van der Waals surface area contributed by atoms with Crippen molar-refractivity contribution in [1.82, 2.24) is 0 Å². The van der Waals surface area contributed by atoms with Gasteiger partial charge < -0.3 is 5.73 Å². The van der Waals surface area contributed by atoms with E-state index in [4.69, 9.17) is 28.9 Å². The Morgan fingerprint density at radius 2 is 1.41 bits per heavy atom.